The minimum absolute atomic E-state index is 0.0333. The summed E-state index contributed by atoms with van der Waals surface area (Å²) in [4.78, 5) is 35.1. The maximum absolute atomic E-state index is 12.1. The predicted octanol–water partition coefficient (Wildman–Crippen LogP) is 1.83. The Balaban J connectivity index is 2.58. The summed E-state index contributed by atoms with van der Waals surface area (Å²) in [6, 6.07) is 2.89. The van der Waals surface area contributed by atoms with E-state index < -0.39 is 46.1 Å². The van der Waals surface area contributed by atoms with E-state index in [9.17, 15) is 22.8 Å². The van der Waals surface area contributed by atoms with E-state index in [1.54, 1.807) is 20.8 Å². The number of urea groups is 1. The summed E-state index contributed by atoms with van der Waals surface area (Å²) in [5, 5.41) is 4.74. The number of amides is 3. The third kappa shape index (κ3) is 8.01. The van der Waals surface area contributed by atoms with Gasteiger partial charge in [0.25, 0.3) is 5.91 Å². The van der Waals surface area contributed by atoms with Gasteiger partial charge in [0.2, 0.25) is 10.0 Å². The van der Waals surface area contributed by atoms with Gasteiger partial charge in [-0.1, -0.05) is 23.2 Å². The summed E-state index contributed by atoms with van der Waals surface area (Å²) < 4.78 is 31.1. The second-order valence-electron chi connectivity index (χ2n) is 6.73. The molecule has 1 aromatic carbocycles. The molecular formula is C16H21Cl2N3O6S. The van der Waals surface area contributed by atoms with Crippen LogP contribution in [-0.4, -0.2) is 44.5 Å². The third-order valence-corrected chi connectivity index (χ3v) is 5.15. The third-order valence-electron chi connectivity index (χ3n) is 3.01. The van der Waals surface area contributed by atoms with Gasteiger partial charge in [-0.15, -0.1) is 0 Å². The Morgan fingerprint density at radius 2 is 1.75 bits per heavy atom. The molecule has 0 aliphatic heterocycles. The Kier molecular flexibility index (Phi) is 8.24. The van der Waals surface area contributed by atoms with Crippen LogP contribution in [0.25, 0.3) is 0 Å². The molecule has 1 aromatic rings. The van der Waals surface area contributed by atoms with E-state index in [0.29, 0.717) is 0 Å². The Morgan fingerprint density at radius 1 is 1.14 bits per heavy atom. The molecule has 0 saturated heterocycles. The highest BCUT2D eigenvalue weighted by Gasteiger charge is 2.23. The van der Waals surface area contributed by atoms with E-state index in [1.807, 2.05) is 10.0 Å². The highest BCUT2D eigenvalue weighted by atomic mass is 35.5. The first-order valence-corrected chi connectivity index (χ1v) is 10.2. The lowest BCUT2D eigenvalue weighted by Crippen LogP contribution is -2.50. The minimum atomic E-state index is -4.05. The quantitative estimate of drug-likeness (QED) is 0.563. The summed E-state index contributed by atoms with van der Waals surface area (Å²) in [5.41, 5.74) is -0.562. The summed E-state index contributed by atoms with van der Waals surface area (Å²) in [5.74, 6) is -1.87. The number of carbonyl (C=O) groups excluding carboxylic acids is 3. The largest absolute Gasteiger partial charge is 0.452 e. The SMILES string of the molecule is CC(OC(=O)CNS(=O)(=O)c1ccc(Cl)c(Cl)c1)C(=O)NC(=O)NC(C)(C)C. The van der Waals surface area contributed by atoms with Gasteiger partial charge in [0, 0.05) is 5.54 Å². The first kappa shape index (κ1) is 24.2. The molecule has 0 saturated carbocycles. The zero-order valence-corrected chi connectivity index (χ0v) is 18.0. The molecule has 156 valence electrons. The van der Waals surface area contributed by atoms with E-state index in [2.05, 4.69) is 5.32 Å². The van der Waals surface area contributed by atoms with Gasteiger partial charge < -0.3 is 10.1 Å². The average Bonchev–Trinajstić information content (AvgIpc) is 2.53. The van der Waals surface area contributed by atoms with Gasteiger partial charge in [-0.3, -0.25) is 14.9 Å². The highest BCUT2D eigenvalue weighted by molar-refractivity contribution is 7.89. The molecule has 0 aromatic heterocycles. The number of hydrogen-bond acceptors (Lipinski definition) is 6. The molecule has 0 aliphatic carbocycles. The zero-order chi connectivity index (χ0) is 21.7. The standard InChI is InChI=1S/C16H21Cl2N3O6S/c1-9(14(23)20-15(24)21-16(2,3)4)27-13(22)8-19-28(25,26)10-5-6-11(17)12(18)7-10/h5-7,9,19H,8H2,1-4H3,(H2,20,21,23,24). The Hall–Kier alpha value is -1.88. The number of rotatable bonds is 6. The Labute approximate surface area is 173 Å². The lowest BCUT2D eigenvalue weighted by Gasteiger charge is -2.21. The number of halogens is 2. The molecule has 3 N–H and O–H groups in total. The first-order valence-electron chi connectivity index (χ1n) is 7.98. The summed E-state index contributed by atoms with van der Waals surface area (Å²) in [6.45, 7) is 5.68. The number of hydrogen-bond donors (Lipinski definition) is 3. The molecule has 12 heteroatoms. The monoisotopic (exact) mass is 453 g/mol. The summed E-state index contributed by atoms with van der Waals surface area (Å²) in [6.07, 6.45) is -1.31. The van der Waals surface area contributed by atoms with Gasteiger partial charge in [0.05, 0.1) is 14.9 Å². The second-order valence-corrected chi connectivity index (χ2v) is 9.31. The Morgan fingerprint density at radius 3 is 2.29 bits per heavy atom. The fourth-order valence-corrected chi connectivity index (χ4v) is 3.12. The molecule has 0 fully saturated rings. The van der Waals surface area contributed by atoms with Crippen molar-refractivity contribution in [3.8, 4) is 0 Å². The van der Waals surface area contributed by atoms with Crippen LogP contribution in [0.15, 0.2) is 23.1 Å². The molecule has 0 heterocycles. The van der Waals surface area contributed by atoms with Crippen molar-refractivity contribution in [1.82, 2.24) is 15.4 Å². The molecule has 0 spiro atoms. The van der Waals surface area contributed by atoms with Crippen LogP contribution < -0.4 is 15.4 Å². The molecule has 0 aliphatic rings. The minimum Gasteiger partial charge on any atom is -0.452 e. The van der Waals surface area contributed by atoms with Gasteiger partial charge in [-0.05, 0) is 45.9 Å². The summed E-state index contributed by atoms with van der Waals surface area (Å²) >= 11 is 11.5. The molecule has 3 amide bonds. The van der Waals surface area contributed by atoms with Crippen LogP contribution in [-0.2, 0) is 24.3 Å². The normalized spacial score (nSPS) is 12.8. The number of nitrogens with one attached hydrogen (secondary N) is 3. The highest BCUT2D eigenvalue weighted by Crippen LogP contribution is 2.24. The van der Waals surface area contributed by atoms with Crippen molar-refractivity contribution in [2.75, 3.05) is 6.54 Å². The lowest BCUT2D eigenvalue weighted by atomic mass is 10.1. The first-order chi connectivity index (χ1) is 12.7. The van der Waals surface area contributed by atoms with E-state index >= 15 is 0 Å². The fourth-order valence-electron chi connectivity index (χ4n) is 1.76. The van der Waals surface area contributed by atoms with Crippen LogP contribution in [0.2, 0.25) is 10.0 Å². The van der Waals surface area contributed by atoms with Crippen molar-refractivity contribution in [2.24, 2.45) is 0 Å². The molecule has 1 unspecified atom stereocenters. The van der Waals surface area contributed by atoms with Crippen molar-refractivity contribution in [3.63, 3.8) is 0 Å². The number of carbonyl (C=O) groups is 3. The van der Waals surface area contributed by atoms with E-state index in [1.165, 1.54) is 19.1 Å². The number of benzene rings is 1. The maximum atomic E-state index is 12.1. The number of sulfonamides is 1. The number of esters is 1. The van der Waals surface area contributed by atoms with E-state index in [4.69, 9.17) is 27.9 Å². The van der Waals surface area contributed by atoms with Crippen molar-refractivity contribution in [1.29, 1.82) is 0 Å². The van der Waals surface area contributed by atoms with Gasteiger partial charge in [-0.25, -0.2) is 13.2 Å². The van der Waals surface area contributed by atoms with Crippen molar-refractivity contribution in [2.45, 2.75) is 44.2 Å². The van der Waals surface area contributed by atoms with Gasteiger partial charge in [0.15, 0.2) is 6.10 Å². The molecule has 1 rings (SSSR count). The zero-order valence-electron chi connectivity index (χ0n) is 15.6. The molecule has 0 bridgehead atoms. The van der Waals surface area contributed by atoms with Crippen LogP contribution in [0.5, 0.6) is 0 Å². The summed E-state index contributed by atoms with van der Waals surface area (Å²) in [7, 11) is -4.05. The van der Waals surface area contributed by atoms with Crippen LogP contribution in [0.3, 0.4) is 0 Å². The van der Waals surface area contributed by atoms with Crippen LogP contribution >= 0.6 is 23.2 Å². The van der Waals surface area contributed by atoms with Crippen molar-refractivity contribution in [3.05, 3.63) is 28.2 Å². The topological polar surface area (TPSA) is 131 Å². The van der Waals surface area contributed by atoms with E-state index in [0.717, 1.165) is 6.07 Å². The molecule has 28 heavy (non-hydrogen) atoms. The van der Waals surface area contributed by atoms with Crippen LogP contribution in [0, 0.1) is 0 Å². The van der Waals surface area contributed by atoms with Gasteiger partial charge in [0.1, 0.15) is 6.54 Å². The predicted molar refractivity (Wildman–Crippen MR) is 104 cm³/mol. The van der Waals surface area contributed by atoms with E-state index in [-0.39, 0.29) is 14.9 Å². The Bertz CT molecular complexity index is 868. The number of imide groups is 1. The van der Waals surface area contributed by atoms with Crippen LogP contribution in [0.4, 0.5) is 4.79 Å². The lowest BCUT2D eigenvalue weighted by molar-refractivity contribution is -0.153. The molecule has 0 radical (unpaired) electrons. The van der Waals surface area contributed by atoms with Crippen LogP contribution in [0.1, 0.15) is 27.7 Å². The van der Waals surface area contributed by atoms with Crippen molar-refractivity contribution >= 4 is 51.1 Å². The van der Waals surface area contributed by atoms with Gasteiger partial charge >= 0.3 is 12.0 Å². The number of ether oxygens (including phenoxy) is 1. The van der Waals surface area contributed by atoms with Gasteiger partial charge in [-0.2, -0.15) is 4.72 Å². The van der Waals surface area contributed by atoms with Crippen molar-refractivity contribution < 1.29 is 27.5 Å². The average molecular weight is 454 g/mol. The maximum Gasteiger partial charge on any atom is 0.321 e. The second kappa shape index (κ2) is 9.55. The fraction of sp³-hybridized carbons (Fsp3) is 0.438. The molecule has 9 nitrogen and oxygen atoms in total. The smallest absolute Gasteiger partial charge is 0.321 e. The molecule has 1 atom stereocenters. The molecular weight excluding hydrogens is 433 g/mol.